The van der Waals surface area contributed by atoms with E-state index in [-0.39, 0.29) is 29.4 Å². The number of piperidine rings is 1. The molecule has 31 heavy (non-hydrogen) atoms. The lowest BCUT2D eigenvalue weighted by atomic mass is 9.77. The molecule has 0 radical (unpaired) electrons. The average Bonchev–Trinajstić information content (AvgIpc) is 3.47. The van der Waals surface area contributed by atoms with Gasteiger partial charge in [0.25, 0.3) is 0 Å². The Morgan fingerprint density at radius 1 is 1.06 bits per heavy atom. The van der Waals surface area contributed by atoms with Gasteiger partial charge < -0.3 is 19.5 Å². The van der Waals surface area contributed by atoms with Crippen molar-refractivity contribution in [3.8, 4) is 11.5 Å². The van der Waals surface area contributed by atoms with E-state index in [0.717, 1.165) is 44.2 Å². The van der Waals surface area contributed by atoms with E-state index in [1.54, 1.807) is 6.07 Å². The molecule has 2 aromatic rings. The van der Waals surface area contributed by atoms with E-state index >= 15 is 0 Å². The fourth-order valence-electron chi connectivity index (χ4n) is 4.92. The number of ether oxygens (including phenoxy) is 3. The summed E-state index contributed by atoms with van der Waals surface area (Å²) in [7, 11) is 0. The van der Waals surface area contributed by atoms with Gasteiger partial charge in [-0.3, -0.25) is 0 Å². The van der Waals surface area contributed by atoms with Crippen LogP contribution in [0.2, 0.25) is 0 Å². The van der Waals surface area contributed by atoms with Crippen LogP contribution in [0.1, 0.15) is 55.2 Å². The summed E-state index contributed by atoms with van der Waals surface area (Å²) in [5.41, 5.74) is 1.52. The minimum atomic E-state index is -4.73. The third-order valence-electron chi connectivity index (χ3n) is 6.42. The number of benzene rings is 2. The van der Waals surface area contributed by atoms with Crippen molar-refractivity contribution in [3.05, 3.63) is 59.7 Å². The van der Waals surface area contributed by atoms with Crippen LogP contribution in [0.25, 0.3) is 0 Å². The van der Waals surface area contributed by atoms with Gasteiger partial charge in [-0.15, -0.1) is 13.2 Å². The summed E-state index contributed by atoms with van der Waals surface area (Å²) >= 11 is 0. The molecule has 2 saturated heterocycles. The minimum Gasteiger partial charge on any atom is -0.490 e. The Bertz CT molecular complexity index is 916. The van der Waals surface area contributed by atoms with Crippen LogP contribution in [0.3, 0.4) is 0 Å². The van der Waals surface area contributed by atoms with Gasteiger partial charge in [-0.2, -0.15) is 0 Å². The molecule has 1 spiro atoms. The Hall–Kier alpha value is -2.25. The van der Waals surface area contributed by atoms with Crippen molar-refractivity contribution < 1.29 is 27.4 Å². The molecular formula is C24H26F3NO3. The second kappa shape index (κ2) is 8.02. The molecule has 0 bridgehead atoms. The molecule has 2 heterocycles. The lowest BCUT2D eigenvalue weighted by molar-refractivity contribution is -0.274. The molecule has 3 atom stereocenters. The van der Waals surface area contributed by atoms with Crippen molar-refractivity contribution in [2.75, 3.05) is 13.2 Å². The van der Waals surface area contributed by atoms with Gasteiger partial charge in [0.05, 0.1) is 24.4 Å². The zero-order valence-corrected chi connectivity index (χ0v) is 17.2. The van der Waals surface area contributed by atoms with Crippen molar-refractivity contribution in [1.29, 1.82) is 0 Å². The van der Waals surface area contributed by atoms with E-state index in [9.17, 15) is 13.2 Å². The van der Waals surface area contributed by atoms with Gasteiger partial charge in [0.1, 0.15) is 11.5 Å². The van der Waals surface area contributed by atoms with E-state index in [0.29, 0.717) is 12.4 Å². The monoisotopic (exact) mass is 433 g/mol. The molecule has 5 rings (SSSR count). The van der Waals surface area contributed by atoms with Crippen LogP contribution in [-0.4, -0.2) is 31.2 Å². The Labute approximate surface area is 179 Å². The van der Waals surface area contributed by atoms with Crippen molar-refractivity contribution in [3.63, 3.8) is 0 Å². The van der Waals surface area contributed by atoms with Crippen LogP contribution in [0.4, 0.5) is 13.2 Å². The molecule has 2 aromatic carbocycles. The summed E-state index contributed by atoms with van der Waals surface area (Å²) in [5.74, 6) is 0.368. The predicted octanol–water partition coefficient (Wildman–Crippen LogP) is 5.49. The van der Waals surface area contributed by atoms with Crippen LogP contribution in [0.15, 0.2) is 48.5 Å². The minimum absolute atomic E-state index is 0.0508. The van der Waals surface area contributed by atoms with Crippen molar-refractivity contribution in [2.45, 2.75) is 62.1 Å². The molecule has 0 aromatic heterocycles. The molecule has 1 saturated carbocycles. The lowest BCUT2D eigenvalue weighted by Gasteiger charge is -2.41. The molecule has 166 valence electrons. The Balaban J connectivity index is 1.44. The summed E-state index contributed by atoms with van der Waals surface area (Å²) in [5, 5.41) is 3.61. The third kappa shape index (κ3) is 4.53. The molecule has 4 nitrogen and oxygen atoms in total. The summed E-state index contributed by atoms with van der Waals surface area (Å²) in [6.45, 7) is 1.36. The van der Waals surface area contributed by atoms with Gasteiger partial charge in [-0.25, -0.2) is 0 Å². The highest BCUT2D eigenvalue weighted by molar-refractivity contribution is 5.44. The predicted molar refractivity (Wildman–Crippen MR) is 109 cm³/mol. The fourth-order valence-corrected chi connectivity index (χ4v) is 4.92. The van der Waals surface area contributed by atoms with Crippen molar-refractivity contribution in [1.82, 2.24) is 5.32 Å². The van der Waals surface area contributed by atoms with Crippen LogP contribution >= 0.6 is 0 Å². The average molecular weight is 433 g/mol. The molecule has 3 fully saturated rings. The third-order valence-corrected chi connectivity index (χ3v) is 6.42. The van der Waals surface area contributed by atoms with Crippen molar-refractivity contribution >= 4 is 0 Å². The number of hydrogen-bond donors (Lipinski definition) is 1. The summed E-state index contributed by atoms with van der Waals surface area (Å²) in [6, 6.07) is 14.7. The summed E-state index contributed by atoms with van der Waals surface area (Å²) in [4.78, 5) is 0. The van der Waals surface area contributed by atoms with Gasteiger partial charge in [0.2, 0.25) is 0 Å². The van der Waals surface area contributed by atoms with Crippen molar-refractivity contribution in [2.24, 2.45) is 0 Å². The molecule has 2 aliphatic heterocycles. The maximum Gasteiger partial charge on any atom is 0.573 e. The van der Waals surface area contributed by atoms with Gasteiger partial charge >= 0.3 is 6.36 Å². The second-order valence-corrected chi connectivity index (χ2v) is 8.74. The largest absolute Gasteiger partial charge is 0.573 e. The van der Waals surface area contributed by atoms with E-state index < -0.39 is 6.36 Å². The molecule has 0 amide bonds. The van der Waals surface area contributed by atoms with E-state index in [2.05, 4.69) is 22.2 Å². The maximum atomic E-state index is 12.8. The number of hydrogen-bond acceptors (Lipinski definition) is 4. The first-order valence-corrected chi connectivity index (χ1v) is 10.9. The van der Waals surface area contributed by atoms with Crippen LogP contribution in [0, 0.1) is 0 Å². The van der Waals surface area contributed by atoms with Gasteiger partial charge in [0.15, 0.2) is 0 Å². The van der Waals surface area contributed by atoms with Gasteiger partial charge in [0, 0.05) is 11.5 Å². The topological polar surface area (TPSA) is 39.7 Å². The van der Waals surface area contributed by atoms with E-state index in [1.165, 1.54) is 17.7 Å². The van der Waals surface area contributed by atoms with E-state index in [1.807, 2.05) is 18.2 Å². The fraction of sp³-hybridized carbons (Fsp3) is 0.500. The molecular weight excluding hydrogens is 407 g/mol. The SMILES string of the molecule is FC(F)(F)Oc1ccc(OC2CC2)c([C@@H]2COC3(CCCN[C@H]3c3ccccc3)C2)c1. The number of alkyl halides is 3. The first kappa shape index (κ1) is 20.6. The highest BCUT2D eigenvalue weighted by atomic mass is 19.4. The lowest BCUT2D eigenvalue weighted by Crippen LogP contribution is -2.48. The highest BCUT2D eigenvalue weighted by Gasteiger charge is 2.49. The molecule has 1 aliphatic carbocycles. The molecule has 7 heteroatoms. The van der Waals surface area contributed by atoms with Crippen LogP contribution in [-0.2, 0) is 4.74 Å². The smallest absolute Gasteiger partial charge is 0.490 e. The maximum absolute atomic E-state index is 12.8. The van der Waals surface area contributed by atoms with Gasteiger partial charge in [-0.1, -0.05) is 30.3 Å². The normalized spacial score (nSPS) is 28.6. The van der Waals surface area contributed by atoms with Gasteiger partial charge in [-0.05, 0) is 62.4 Å². The van der Waals surface area contributed by atoms with E-state index in [4.69, 9.17) is 9.47 Å². The zero-order valence-electron chi connectivity index (χ0n) is 17.2. The highest BCUT2D eigenvalue weighted by Crippen LogP contribution is 2.50. The Morgan fingerprint density at radius 3 is 2.61 bits per heavy atom. The molecule has 1 N–H and O–H groups in total. The summed E-state index contributed by atoms with van der Waals surface area (Å²) in [6.07, 6.45) is 0.00624. The van der Waals surface area contributed by atoms with Crippen LogP contribution < -0.4 is 14.8 Å². The summed E-state index contributed by atoms with van der Waals surface area (Å²) < 4.78 is 55.1. The second-order valence-electron chi connectivity index (χ2n) is 8.74. The standard InChI is InChI=1S/C24H26F3NO3/c25-24(26,27)31-19-9-10-21(30-18-7-8-18)20(13-19)17-14-23(29-15-17)11-4-12-28-22(23)16-5-2-1-3-6-16/h1-3,5-6,9-10,13,17-18,22,28H,4,7-8,11-12,14-15H2/t17-,22-,23?/m0/s1. The number of nitrogens with one attached hydrogen (secondary N) is 1. The van der Waals surface area contributed by atoms with Crippen LogP contribution in [0.5, 0.6) is 11.5 Å². The zero-order chi connectivity index (χ0) is 21.5. The Kier molecular flexibility index (Phi) is 5.34. The molecule has 3 aliphatic rings. The molecule has 1 unspecified atom stereocenters. The first-order chi connectivity index (χ1) is 14.9. The number of halogens is 3. The number of rotatable bonds is 5. The Morgan fingerprint density at radius 2 is 1.87 bits per heavy atom. The quantitative estimate of drug-likeness (QED) is 0.677. The first-order valence-electron chi connectivity index (χ1n) is 10.9.